The van der Waals surface area contributed by atoms with Gasteiger partial charge in [0.1, 0.15) is 18.1 Å². The molecule has 0 aliphatic carbocycles. The van der Waals surface area contributed by atoms with E-state index in [-0.39, 0.29) is 21.9 Å². The number of hydrogen-bond donors (Lipinski definition) is 2. The normalized spacial score (nSPS) is 11.5. The number of rotatable bonds is 9. The number of nitrogens with one attached hydrogen (secondary N) is 2. The molecule has 2 amide bonds. The highest BCUT2D eigenvalue weighted by molar-refractivity contribution is 7.92. The van der Waals surface area contributed by atoms with Gasteiger partial charge in [0, 0.05) is 16.9 Å². The SMILES string of the molecule is COc1ccc(S(=O)(=O)N(CC(=O)Nc2cccc(NC(=O)c3ccc(C(C)(C)C)cc3)c2)c2ccccc2F)cc1. The highest BCUT2D eigenvalue weighted by atomic mass is 32.2. The van der Waals surface area contributed by atoms with Crippen molar-refractivity contribution >= 4 is 38.9 Å². The highest BCUT2D eigenvalue weighted by Crippen LogP contribution is 2.28. The lowest BCUT2D eigenvalue weighted by molar-refractivity contribution is -0.114. The van der Waals surface area contributed by atoms with Crippen molar-refractivity contribution in [2.75, 3.05) is 28.6 Å². The fourth-order valence-corrected chi connectivity index (χ4v) is 5.59. The number of ether oxygens (including phenoxy) is 1. The van der Waals surface area contributed by atoms with E-state index in [1.54, 1.807) is 36.4 Å². The predicted molar refractivity (Wildman–Crippen MR) is 162 cm³/mol. The second-order valence-electron chi connectivity index (χ2n) is 10.5. The molecule has 42 heavy (non-hydrogen) atoms. The maximum Gasteiger partial charge on any atom is 0.264 e. The molecule has 0 aliphatic heterocycles. The molecule has 0 bridgehead atoms. The number of benzene rings is 4. The fraction of sp³-hybridized carbons (Fsp3) is 0.188. The summed E-state index contributed by atoms with van der Waals surface area (Å²) in [5.41, 5.74) is 1.99. The van der Waals surface area contributed by atoms with Crippen molar-refractivity contribution in [2.45, 2.75) is 31.1 Å². The molecule has 0 saturated carbocycles. The van der Waals surface area contributed by atoms with Crippen molar-refractivity contribution in [3.63, 3.8) is 0 Å². The van der Waals surface area contributed by atoms with Gasteiger partial charge in [0.2, 0.25) is 5.91 Å². The molecule has 4 aromatic carbocycles. The second-order valence-corrected chi connectivity index (χ2v) is 12.4. The molecule has 8 nitrogen and oxygen atoms in total. The van der Waals surface area contributed by atoms with Gasteiger partial charge in [0.15, 0.2) is 0 Å². The van der Waals surface area contributed by atoms with Gasteiger partial charge >= 0.3 is 0 Å². The Hall–Kier alpha value is -4.70. The minimum Gasteiger partial charge on any atom is -0.497 e. The monoisotopic (exact) mass is 589 g/mol. The number of nitrogens with zero attached hydrogens (tertiary/aromatic N) is 1. The van der Waals surface area contributed by atoms with Crippen molar-refractivity contribution in [1.82, 2.24) is 0 Å². The van der Waals surface area contributed by atoms with Gasteiger partial charge < -0.3 is 15.4 Å². The number of anilines is 3. The smallest absolute Gasteiger partial charge is 0.264 e. The molecule has 0 aromatic heterocycles. The minimum atomic E-state index is -4.34. The molecular weight excluding hydrogens is 557 g/mol. The van der Waals surface area contributed by atoms with Gasteiger partial charge in [0.05, 0.1) is 17.7 Å². The number of amides is 2. The van der Waals surface area contributed by atoms with Crippen LogP contribution >= 0.6 is 0 Å². The van der Waals surface area contributed by atoms with Gasteiger partial charge in [0.25, 0.3) is 15.9 Å². The summed E-state index contributed by atoms with van der Waals surface area (Å²) in [5, 5.41) is 5.44. The molecule has 2 N–H and O–H groups in total. The summed E-state index contributed by atoms with van der Waals surface area (Å²) < 4.78 is 47.7. The first-order valence-electron chi connectivity index (χ1n) is 13.1. The van der Waals surface area contributed by atoms with Crippen LogP contribution < -0.4 is 19.7 Å². The van der Waals surface area contributed by atoms with Crippen LogP contribution in [0.5, 0.6) is 5.75 Å². The van der Waals surface area contributed by atoms with E-state index in [2.05, 4.69) is 31.4 Å². The lowest BCUT2D eigenvalue weighted by atomic mass is 9.87. The van der Waals surface area contributed by atoms with Crippen LogP contribution in [0.15, 0.2) is 102 Å². The van der Waals surface area contributed by atoms with Gasteiger partial charge in [-0.1, -0.05) is 51.1 Å². The van der Waals surface area contributed by atoms with Crippen LogP contribution in [0.2, 0.25) is 0 Å². The third kappa shape index (κ3) is 7.13. The van der Waals surface area contributed by atoms with Gasteiger partial charge in [-0.15, -0.1) is 0 Å². The fourth-order valence-electron chi connectivity index (χ4n) is 4.16. The first kappa shape index (κ1) is 30.3. The third-order valence-corrected chi connectivity index (χ3v) is 8.25. The Morgan fingerprint density at radius 2 is 1.45 bits per heavy atom. The Morgan fingerprint density at radius 3 is 2.05 bits per heavy atom. The maximum absolute atomic E-state index is 14.8. The average molecular weight is 590 g/mol. The molecule has 0 radical (unpaired) electrons. The van der Waals surface area contributed by atoms with Crippen LogP contribution in [0.25, 0.3) is 0 Å². The second kappa shape index (κ2) is 12.4. The van der Waals surface area contributed by atoms with E-state index in [4.69, 9.17) is 4.74 Å². The van der Waals surface area contributed by atoms with E-state index in [1.807, 2.05) is 12.1 Å². The zero-order valence-electron chi connectivity index (χ0n) is 23.7. The predicted octanol–water partition coefficient (Wildman–Crippen LogP) is 6.22. The van der Waals surface area contributed by atoms with E-state index in [9.17, 15) is 22.4 Å². The highest BCUT2D eigenvalue weighted by Gasteiger charge is 2.29. The van der Waals surface area contributed by atoms with Gasteiger partial charge in [-0.3, -0.25) is 13.9 Å². The summed E-state index contributed by atoms with van der Waals surface area (Å²) >= 11 is 0. The van der Waals surface area contributed by atoms with Crippen molar-refractivity contribution in [1.29, 1.82) is 0 Å². The number of methoxy groups -OCH3 is 1. The Bertz CT molecular complexity index is 1680. The van der Waals surface area contributed by atoms with E-state index in [0.717, 1.165) is 11.6 Å². The van der Waals surface area contributed by atoms with E-state index < -0.39 is 28.3 Å². The third-order valence-electron chi connectivity index (χ3n) is 6.47. The molecule has 0 saturated heterocycles. The zero-order valence-corrected chi connectivity index (χ0v) is 24.5. The quantitative estimate of drug-likeness (QED) is 0.241. The van der Waals surface area contributed by atoms with Crippen LogP contribution in [-0.2, 0) is 20.2 Å². The van der Waals surface area contributed by atoms with Gasteiger partial charge in [-0.05, 0) is 77.7 Å². The van der Waals surface area contributed by atoms with Crippen LogP contribution in [0.3, 0.4) is 0 Å². The number of sulfonamides is 1. The zero-order chi connectivity index (χ0) is 30.5. The topological polar surface area (TPSA) is 105 Å². The van der Waals surface area contributed by atoms with E-state index in [0.29, 0.717) is 27.0 Å². The standard InChI is InChI=1S/C32H32FN3O5S/c1-32(2,3)23-14-12-22(13-15-23)31(38)35-25-9-7-8-24(20-25)34-30(37)21-36(29-11-6-5-10-28(29)33)42(39,40)27-18-16-26(41-4)17-19-27/h5-20H,21H2,1-4H3,(H,34,37)(H,35,38). The van der Waals surface area contributed by atoms with E-state index in [1.165, 1.54) is 49.6 Å². The Kier molecular flexibility index (Phi) is 8.96. The minimum absolute atomic E-state index is 0.0443. The molecular formula is C32H32FN3O5S. The molecule has 0 atom stereocenters. The largest absolute Gasteiger partial charge is 0.497 e. The van der Waals surface area contributed by atoms with Crippen molar-refractivity contribution in [3.05, 3.63) is 114 Å². The molecule has 0 fully saturated rings. The van der Waals surface area contributed by atoms with Gasteiger partial charge in [-0.2, -0.15) is 0 Å². The maximum atomic E-state index is 14.8. The summed E-state index contributed by atoms with van der Waals surface area (Å²) in [6, 6.07) is 24.6. The molecule has 0 heterocycles. The summed E-state index contributed by atoms with van der Waals surface area (Å²) in [4.78, 5) is 25.8. The van der Waals surface area contributed by atoms with Crippen molar-refractivity contribution in [2.24, 2.45) is 0 Å². The lowest BCUT2D eigenvalue weighted by Gasteiger charge is -2.24. The molecule has 0 unspecified atom stereocenters. The van der Waals surface area contributed by atoms with Crippen molar-refractivity contribution in [3.8, 4) is 5.75 Å². The molecule has 0 aliphatic rings. The molecule has 4 rings (SSSR count). The number of para-hydroxylation sites is 1. The van der Waals surface area contributed by atoms with Gasteiger partial charge in [-0.25, -0.2) is 12.8 Å². The summed E-state index contributed by atoms with van der Waals surface area (Å²) in [6.45, 7) is 5.57. The Morgan fingerprint density at radius 1 is 0.833 bits per heavy atom. The summed E-state index contributed by atoms with van der Waals surface area (Å²) in [6.07, 6.45) is 0. The molecule has 0 spiro atoms. The van der Waals surface area contributed by atoms with Crippen LogP contribution in [0, 0.1) is 5.82 Å². The lowest BCUT2D eigenvalue weighted by Crippen LogP contribution is -2.38. The number of carbonyl (C=O) groups excluding carboxylic acids is 2. The Balaban J connectivity index is 1.52. The molecule has 218 valence electrons. The van der Waals surface area contributed by atoms with Crippen LogP contribution in [-0.4, -0.2) is 33.9 Å². The molecule has 10 heteroatoms. The van der Waals surface area contributed by atoms with Crippen molar-refractivity contribution < 1.29 is 27.1 Å². The Labute approximate surface area is 245 Å². The summed E-state index contributed by atoms with van der Waals surface area (Å²) in [7, 11) is -2.89. The molecule has 4 aromatic rings. The first-order chi connectivity index (χ1) is 19.9. The average Bonchev–Trinajstić information content (AvgIpc) is 2.96. The first-order valence-corrected chi connectivity index (χ1v) is 14.6. The number of hydrogen-bond acceptors (Lipinski definition) is 5. The number of carbonyl (C=O) groups is 2. The number of halogens is 1. The van der Waals surface area contributed by atoms with E-state index >= 15 is 0 Å². The van der Waals surface area contributed by atoms with Crippen LogP contribution in [0.4, 0.5) is 21.5 Å². The summed E-state index contributed by atoms with van der Waals surface area (Å²) in [5.74, 6) is -1.40. The van der Waals surface area contributed by atoms with Crippen LogP contribution in [0.1, 0.15) is 36.7 Å².